The number of esters is 1. The number of nitro benzene ring substituents is 1. The molecule has 3 rings (SSSR count). The van der Waals surface area contributed by atoms with E-state index < -0.39 is 16.8 Å². The highest BCUT2D eigenvalue weighted by Gasteiger charge is 2.51. The number of ether oxygens (including phenoxy) is 3. The predicted octanol–water partition coefficient (Wildman–Crippen LogP) is 1.95. The Labute approximate surface area is 137 Å². The predicted molar refractivity (Wildman–Crippen MR) is 81.8 cm³/mol. The van der Waals surface area contributed by atoms with Crippen LogP contribution in [0.25, 0.3) is 0 Å². The van der Waals surface area contributed by atoms with Gasteiger partial charge in [0.05, 0.1) is 4.92 Å². The summed E-state index contributed by atoms with van der Waals surface area (Å²) in [5, 5.41) is 13.4. The van der Waals surface area contributed by atoms with Crippen LogP contribution in [0.15, 0.2) is 54.6 Å². The third kappa shape index (κ3) is 3.34. The van der Waals surface area contributed by atoms with Crippen LogP contribution < -0.4 is 10.1 Å². The number of carbonyl (C=O) groups is 1. The first-order valence-corrected chi connectivity index (χ1v) is 7.13. The number of nitrogens with zero attached hydrogens (tertiary/aromatic N) is 1. The number of nitro groups is 1. The van der Waals surface area contributed by atoms with Crippen molar-refractivity contribution in [2.45, 2.75) is 12.5 Å². The third-order valence-electron chi connectivity index (χ3n) is 3.37. The Morgan fingerprint density at radius 3 is 2.42 bits per heavy atom. The zero-order chi connectivity index (χ0) is 17.0. The van der Waals surface area contributed by atoms with Gasteiger partial charge in [-0.2, -0.15) is 0 Å². The monoisotopic (exact) mass is 330 g/mol. The summed E-state index contributed by atoms with van der Waals surface area (Å²) in [5.74, 6) is -2.22. The second-order valence-electron chi connectivity index (χ2n) is 5.00. The van der Waals surface area contributed by atoms with Crippen molar-refractivity contribution in [3.63, 3.8) is 0 Å². The highest BCUT2D eigenvalue weighted by molar-refractivity contribution is 5.78. The van der Waals surface area contributed by atoms with E-state index in [1.807, 2.05) is 30.3 Å². The van der Waals surface area contributed by atoms with Gasteiger partial charge in [-0.3, -0.25) is 10.1 Å². The van der Waals surface area contributed by atoms with Gasteiger partial charge in [0.2, 0.25) is 0 Å². The molecular formula is C16H14N2O6. The Bertz CT molecular complexity index is 728. The van der Waals surface area contributed by atoms with Crippen LogP contribution in [-0.2, 0) is 20.9 Å². The summed E-state index contributed by atoms with van der Waals surface area (Å²) in [5.41, 5.74) is 0.751. The van der Waals surface area contributed by atoms with Gasteiger partial charge in [0, 0.05) is 12.1 Å². The lowest BCUT2D eigenvalue weighted by atomic mass is 10.2. The third-order valence-corrected chi connectivity index (χ3v) is 3.37. The largest absolute Gasteiger partial charge is 0.455 e. The summed E-state index contributed by atoms with van der Waals surface area (Å²) in [4.78, 5) is 22.4. The summed E-state index contributed by atoms with van der Waals surface area (Å²) >= 11 is 0. The minimum absolute atomic E-state index is 0.0782. The van der Waals surface area contributed by atoms with E-state index in [4.69, 9.17) is 14.2 Å². The molecule has 1 atom stereocenters. The molecule has 1 heterocycles. The van der Waals surface area contributed by atoms with Gasteiger partial charge in [0.25, 0.3) is 5.69 Å². The van der Waals surface area contributed by atoms with E-state index in [0.29, 0.717) is 0 Å². The van der Waals surface area contributed by atoms with Gasteiger partial charge in [0.1, 0.15) is 19.1 Å². The van der Waals surface area contributed by atoms with Gasteiger partial charge < -0.3 is 14.2 Å². The first-order chi connectivity index (χ1) is 11.6. The average Bonchev–Trinajstić information content (AvgIpc) is 2.57. The Morgan fingerprint density at radius 2 is 1.88 bits per heavy atom. The van der Waals surface area contributed by atoms with Crippen LogP contribution in [-0.4, -0.2) is 23.5 Å². The number of hydrogen-bond acceptors (Lipinski definition) is 7. The fourth-order valence-corrected chi connectivity index (χ4v) is 2.06. The summed E-state index contributed by atoms with van der Waals surface area (Å²) in [6.07, 6.45) is 0. The van der Waals surface area contributed by atoms with Gasteiger partial charge in [-0.05, 0) is 17.7 Å². The van der Waals surface area contributed by atoms with Crippen LogP contribution in [0.2, 0.25) is 0 Å². The standard InChI is InChI=1S/C16H14N2O6/c19-15(22-10-12-4-2-1-3-5-12)16(17-11-23-16)24-14-8-6-13(7-9-14)18(20)21/h1-9,17H,10-11H2. The van der Waals surface area contributed by atoms with E-state index in [2.05, 4.69) is 5.32 Å². The molecule has 0 saturated carbocycles. The number of nitrogens with one attached hydrogen (secondary N) is 1. The van der Waals surface area contributed by atoms with Crippen molar-refractivity contribution in [3.8, 4) is 5.75 Å². The maximum Gasteiger partial charge on any atom is 0.397 e. The number of hydrogen-bond donors (Lipinski definition) is 1. The first-order valence-electron chi connectivity index (χ1n) is 7.13. The highest BCUT2D eigenvalue weighted by Crippen LogP contribution is 2.26. The summed E-state index contributed by atoms with van der Waals surface area (Å²) in [6.45, 7) is 0.212. The van der Waals surface area contributed by atoms with E-state index >= 15 is 0 Å². The van der Waals surface area contributed by atoms with Gasteiger partial charge in [0.15, 0.2) is 0 Å². The smallest absolute Gasteiger partial charge is 0.397 e. The van der Waals surface area contributed by atoms with Crippen LogP contribution in [0.3, 0.4) is 0 Å². The summed E-state index contributed by atoms with van der Waals surface area (Å²) < 4.78 is 15.9. The topological polar surface area (TPSA) is 99.9 Å². The van der Waals surface area contributed by atoms with Crippen LogP contribution in [0, 0.1) is 10.1 Å². The summed E-state index contributed by atoms with van der Waals surface area (Å²) in [6, 6.07) is 14.5. The maximum absolute atomic E-state index is 12.3. The van der Waals surface area contributed by atoms with E-state index in [1.54, 1.807) is 0 Å². The minimum atomic E-state index is -1.73. The normalized spacial score (nSPS) is 19.2. The molecule has 2 aromatic rings. The molecule has 1 aliphatic rings. The molecule has 0 radical (unpaired) electrons. The lowest BCUT2D eigenvalue weighted by Crippen LogP contribution is -2.68. The molecule has 0 amide bonds. The fourth-order valence-electron chi connectivity index (χ4n) is 2.06. The van der Waals surface area contributed by atoms with Crippen LogP contribution >= 0.6 is 0 Å². The lowest BCUT2D eigenvalue weighted by Gasteiger charge is -2.39. The molecule has 1 fully saturated rings. The molecule has 1 saturated heterocycles. The number of rotatable bonds is 6. The molecule has 8 heteroatoms. The minimum Gasteiger partial charge on any atom is -0.455 e. The van der Waals surface area contributed by atoms with Gasteiger partial charge in [-0.25, -0.2) is 10.1 Å². The SMILES string of the molecule is O=C(OCc1ccccc1)C1(Oc2ccc([N+](=O)[O-])cc2)NCO1. The van der Waals surface area contributed by atoms with Crippen molar-refractivity contribution < 1.29 is 23.9 Å². The van der Waals surface area contributed by atoms with Crippen LogP contribution in [0.1, 0.15) is 5.56 Å². The Balaban J connectivity index is 1.65. The molecule has 0 aliphatic carbocycles. The number of non-ortho nitro benzene ring substituents is 1. The molecule has 0 aromatic heterocycles. The molecular weight excluding hydrogens is 316 g/mol. The average molecular weight is 330 g/mol. The molecule has 0 bridgehead atoms. The van der Waals surface area contributed by atoms with E-state index in [9.17, 15) is 14.9 Å². The summed E-state index contributed by atoms with van der Waals surface area (Å²) in [7, 11) is 0. The zero-order valence-corrected chi connectivity index (χ0v) is 12.5. The van der Waals surface area contributed by atoms with Crippen molar-refractivity contribution in [3.05, 3.63) is 70.3 Å². The van der Waals surface area contributed by atoms with Gasteiger partial charge in [-0.1, -0.05) is 30.3 Å². The molecule has 2 aromatic carbocycles. The van der Waals surface area contributed by atoms with E-state index in [-0.39, 0.29) is 24.8 Å². The lowest BCUT2D eigenvalue weighted by molar-refractivity contribution is -0.384. The molecule has 0 spiro atoms. The molecule has 24 heavy (non-hydrogen) atoms. The van der Waals surface area contributed by atoms with Crippen molar-refractivity contribution in [2.75, 3.05) is 6.73 Å². The Hall–Kier alpha value is -2.97. The van der Waals surface area contributed by atoms with Crippen molar-refractivity contribution >= 4 is 11.7 Å². The van der Waals surface area contributed by atoms with Crippen molar-refractivity contribution in [2.24, 2.45) is 0 Å². The van der Waals surface area contributed by atoms with Crippen molar-refractivity contribution in [1.29, 1.82) is 0 Å². The maximum atomic E-state index is 12.3. The van der Waals surface area contributed by atoms with Crippen LogP contribution in [0.4, 0.5) is 5.69 Å². The number of benzene rings is 2. The molecule has 8 nitrogen and oxygen atoms in total. The van der Waals surface area contributed by atoms with Gasteiger partial charge in [-0.15, -0.1) is 0 Å². The zero-order valence-electron chi connectivity index (χ0n) is 12.5. The van der Waals surface area contributed by atoms with E-state index in [0.717, 1.165) is 5.56 Å². The Morgan fingerprint density at radius 1 is 1.21 bits per heavy atom. The fraction of sp³-hybridized carbons (Fsp3) is 0.188. The van der Waals surface area contributed by atoms with Crippen molar-refractivity contribution in [1.82, 2.24) is 5.32 Å². The quantitative estimate of drug-likeness (QED) is 0.491. The Kier molecular flexibility index (Phi) is 4.41. The molecule has 124 valence electrons. The molecule has 1 aliphatic heterocycles. The second-order valence-corrected chi connectivity index (χ2v) is 5.00. The van der Waals surface area contributed by atoms with Gasteiger partial charge >= 0.3 is 11.9 Å². The first kappa shape index (κ1) is 15.9. The highest BCUT2D eigenvalue weighted by atomic mass is 16.8. The molecule has 1 N–H and O–H groups in total. The molecule has 1 unspecified atom stereocenters. The van der Waals surface area contributed by atoms with Crippen LogP contribution in [0.5, 0.6) is 5.75 Å². The second kappa shape index (κ2) is 6.65. The number of carbonyl (C=O) groups excluding carboxylic acids is 1. The van der Waals surface area contributed by atoms with E-state index in [1.165, 1.54) is 24.3 Å².